The van der Waals surface area contributed by atoms with Crippen LogP contribution in [0.4, 0.5) is 4.79 Å². The number of benzene rings is 1. The summed E-state index contributed by atoms with van der Waals surface area (Å²) >= 11 is 4.32. The smallest absolute Gasteiger partial charge is 0.408 e. The number of rotatable bonds is 6. The van der Waals surface area contributed by atoms with Gasteiger partial charge in [-0.1, -0.05) is 29.3 Å². The molecule has 0 radical (unpaired) electrons. The number of hydrogen-bond acceptors (Lipinski definition) is 5. The van der Waals surface area contributed by atoms with E-state index in [0.717, 1.165) is 11.1 Å². The molecule has 192 valence electrons. The Morgan fingerprint density at radius 1 is 0.941 bits per heavy atom. The lowest BCUT2D eigenvalue weighted by atomic mass is 9.93. The van der Waals surface area contributed by atoms with Crippen molar-refractivity contribution in [2.24, 2.45) is 0 Å². The Labute approximate surface area is 210 Å². The minimum Gasteiger partial charge on any atom is -0.444 e. The largest absolute Gasteiger partial charge is 0.444 e. The fraction of sp³-hybridized carbons (Fsp3) is 0.654. The minimum absolute atomic E-state index is 0.0467. The van der Waals surface area contributed by atoms with Crippen LogP contribution < -0.4 is 10.6 Å². The first kappa shape index (κ1) is 29.8. The van der Waals surface area contributed by atoms with E-state index in [4.69, 9.17) is 4.74 Å². The van der Waals surface area contributed by atoms with E-state index in [2.05, 4.69) is 23.3 Å². The van der Waals surface area contributed by atoms with Gasteiger partial charge in [-0.15, -0.1) is 0 Å². The summed E-state index contributed by atoms with van der Waals surface area (Å²) in [5.41, 5.74) is 0.721. The summed E-state index contributed by atoms with van der Waals surface area (Å²) in [7, 11) is 0. The normalized spacial score (nSPS) is 14.1. The molecule has 3 amide bonds. The molecule has 0 saturated heterocycles. The molecule has 1 aromatic rings. The van der Waals surface area contributed by atoms with Crippen LogP contribution in [0.25, 0.3) is 0 Å². The molecule has 8 heteroatoms. The monoisotopic (exact) mass is 493 g/mol. The number of amides is 3. The van der Waals surface area contributed by atoms with Crippen LogP contribution in [0, 0.1) is 13.8 Å². The lowest BCUT2D eigenvalue weighted by Gasteiger charge is -2.43. The third-order valence-corrected chi connectivity index (χ3v) is 5.06. The number of ether oxygens (including phenoxy) is 1. The molecule has 0 aliphatic carbocycles. The molecule has 0 saturated carbocycles. The van der Waals surface area contributed by atoms with Crippen LogP contribution in [-0.4, -0.2) is 51.3 Å². The van der Waals surface area contributed by atoms with Crippen molar-refractivity contribution >= 4 is 30.5 Å². The van der Waals surface area contributed by atoms with Crippen molar-refractivity contribution < 1.29 is 19.1 Å². The van der Waals surface area contributed by atoms with Gasteiger partial charge in [0.2, 0.25) is 11.8 Å². The second kappa shape index (κ2) is 11.0. The zero-order valence-corrected chi connectivity index (χ0v) is 23.5. The van der Waals surface area contributed by atoms with Gasteiger partial charge in [-0.2, -0.15) is 12.6 Å². The molecule has 0 aromatic heterocycles. The van der Waals surface area contributed by atoms with E-state index in [0.29, 0.717) is 5.56 Å². The molecular weight excluding hydrogens is 450 g/mol. The van der Waals surface area contributed by atoms with Crippen LogP contribution in [0.3, 0.4) is 0 Å². The van der Waals surface area contributed by atoms with Gasteiger partial charge in [-0.3, -0.25) is 9.59 Å². The van der Waals surface area contributed by atoms with Gasteiger partial charge in [0, 0.05) is 16.8 Å². The summed E-state index contributed by atoms with van der Waals surface area (Å²) in [6.07, 6.45) is -0.712. The zero-order chi connectivity index (χ0) is 26.6. The quantitative estimate of drug-likeness (QED) is 0.501. The second-order valence-corrected chi connectivity index (χ2v) is 12.2. The average Bonchev–Trinajstić information content (AvgIpc) is 2.58. The summed E-state index contributed by atoms with van der Waals surface area (Å²) < 4.78 is 5.34. The Balaban J connectivity index is 3.57. The van der Waals surface area contributed by atoms with Crippen LogP contribution in [0.1, 0.15) is 85.0 Å². The zero-order valence-electron chi connectivity index (χ0n) is 22.6. The Hall–Kier alpha value is -2.22. The highest BCUT2D eigenvalue weighted by Crippen LogP contribution is 2.31. The van der Waals surface area contributed by atoms with Crippen molar-refractivity contribution in [1.29, 1.82) is 0 Å². The summed E-state index contributed by atoms with van der Waals surface area (Å²) in [4.78, 5) is 41.5. The van der Waals surface area contributed by atoms with E-state index in [-0.39, 0.29) is 11.7 Å². The molecule has 0 spiro atoms. The maximum atomic E-state index is 13.9. The molecular formula is C26H43N3O4S. The van der Waals surface area contributed by atoms with Crippen molar-refractivity contribution in [3.05, 3.63) is 34.9 Å². The van der Waals surface area contributed by atoms with E-state index >= 15 is 0 Å². The molecule has 7 nitrogen and oxygen atoms in total. The van der Waals surface area contributed by atoms with E-state index in [1.54, 1.807) is 25.7 Å². The standard InChI is InChI=1S/C26H43N3O4S/c1-16-12-17(2)14-18(13-16)20(21(30)28-24(3,4)5)29(25(6,7)8)22(31)19(15-34)27-23(32)33-26(9,10)11/h12-14,19-20,34H,15H2,1-11H3,(H,27,32)(H,28,30). The number of hydrogen-bond donors (Lipinski definition) is 3. The van der Waals surface area contributed by atoms with Gasteiger partial charge in [-0.05, 0) is 81.7 Å². The number of nitrogens with one attached hydrogen (secondary N) is 2. The van der Waals surface area contributed by atoms with Gasteiger partial charge in [0.05, 0.1) is 0 Å². The SMILES string of the molecule is Cc1cc(C)cc(C(C(=O)NC(C)(C)C)N(C(=O)C(CS)NC(=O)OC(C)(C)C)C(C)(C)C)c1. The summed E-state index contributed by atoms with van der Waals surface area (Å²) in [6, 6.07) is 3.97. The van der Waals surface area contributed by atoms with Crippen LogP contribution >= 0.6 is 12.6 Å². The highest BCUT2D eigenvalue weighted by atomic mass is 32.1. The van der Waals surface area contributed by atoms with Gasteiger partial charge in [-0.25, -0.2) is 4.79 Å². The van der Waals surface area contributed by atoms with Crippen LogP contribution in [0.15, 0.2) is 18.2 Å². The number of nitrogens with zero attached hydrogens (tertiary/aromatic N) is 1. The number of carbonyl (C=O) groups is 3. The molecule has 0 fully saturated rings. The van der Waals surface area contributed by atoms with Crippen molar-refractivity contribution in [3.63, 3.8) is 0 Å². The molecule has 0 bridgehead atoms. The van der Waals surface area contributed by atoms with Crippen molar-refractivity contribution in [2.45, 2.75) is 105 Å². The molecule has 0 aliphatic heterocycles. The van der Waals surface area contributed by atoms with Gasteiger partial charge >= 0.3 is 6.09 Å². The summed E-state index contributed by atoms with van der Waals surface area (Å²) in [5.74, 6) is -0.664. The van der Waals surface area contributed by atoms with E-state index in [9.17, 15) is 14.4 Å². The van der Waals surface area contributed by atoms with Crippen molar-refractivity contribution in [1.82, 2.24) is 15.5 Å². The predicted molar refractivity (Wildman–Crippen MR) is 140 cm³/mol. The Kier molecular flexibility index (Phi) is 9.66. The maximum Gasteiger partial charge on any atom is 0.408 e. The number of alkyl carbamates (subject to hydrolysis) is 1. The van der Waals surface area contributed by atoms with Crippen LogP contribution in [0.2, 0.25) is 0 Å². The van der Waals surface area contributed by atoms with Crippen molar-refractivity contribution in [3.8, 4) is 0 Å². The summed E-state index contributed by atoms with van der Waals surface area (Å²) in [6.45, 7) is 20.5. The topological polar surface area (TPSA) is 87.7 Å². The van der Waals surface area contributed by atoms with Crippen molar-refractivity contribution in [2.75, 3.05) is 5.75 Å². The van der Waals surface area contributed by atoms with Gasteiger partial charge in [0.15, 0.2) is 0 Å². The van der Waals surface area contributed by atoms with Crippen LogP contribution in [-0.2, 0) is 14.3 Å². The molecule has 2 unspecified atom stereocenters. The molecule has 1 rings (SSSR count). The van der Waals surface area contributed by atoms with E-state index < -0.39 is 40.8 Å². The molecule has 0 heterocycles. The van der Waals surface area contributed by atoms with Gasteiger partial charge in [0.25, 0.3) is 0 Å². The molecule has 2 N–H and O–H groups in total. The maximum absolute atomic E-state index is 13.9. The highest BCUT2D eigenvalue weighted by Gasteiger charge is 2.42. The number of aryl methyl sites for hydroxylation is 2. The molecule has 1 aromatic carbocycles. The first-order chi connectivity index (χ1) is 15.2. The third kappa shape index (κ3) is 9.20. The first-order valence-electron chi connectivity index (χ1n) is 11.6. The fourth-order valence-electron chi connectivity index (χ4n) is 3.67. The summed E-state index contributed by atoms with van der Waals surface area (Å²) in [5, 5.41) is 5.66. The molecule has 2 atom stereocenters. The van der Waals surface area contributed by atoms with Gasteiger partial charge < -0.3 is 20.3 Å². The van der Waals surface area contributed by atoms with Crippen LogP contribution in [0.5, 0.6) is 0 Å². The lowest BCUT2D eigenvalue weighted by molar-refractivity contribution is -0.148. The Morgan fingerprint density at radius 2 is 1.44 bits per heavy atom. The second-order valence-electron chi connectivity index (χ2n) is 11.8. The van der Waals surface area contributed by atoms with Gasteiger partial charge in [0.1, 0.15) is 17.7 Å². The average molecular weight is 494 g/mol. The predicted octanol–water partition coefficient (Wildman–Crippen LogP) is 4.71. The minimum atomic E-state index is -0.978. The molecule has 0 aliphatic rings. The first-order valence-corrected chi connectivity index (χ1v) is 12.2. The fourth-order valence-corrected chi connectivity index (χ4v) is 3.92. The Morgan fingerprint density at radius 3 is 1.82 bits per heavy atom. The highest BCUT2D eigenvalue weighted by molar-refractivity contribution is 7.80. The number of carbonyl (C=O) groups excluding carboxylic acids is 3. The molecule has 34 heavy (non-hydrogen) atoms. The number of thiol groups is 1. The lowest BCUT2D eigenvalue weighted by Crippen LogP contribution is -2.60. The Bertz CT molecular complexity index is 875. The third-order valence-electron chi connectivity index (χ3n) is 4.70. The van der Waals surface area contributed by atoms with E-state index in [1.165, 1.54) is 0 Å². The van der Waals surface area contributed by atoms with E-state index in [1.807, 2.05) is 73.6 Å².